The Labute approximate surface area is 146 Å². The van der Waals surface area contributed by atoms with Crippen molar-refractivity contribution in [2.24, 2.45) is 14.1 Å². The Balaban J connectivity index is 1.97. The van der Waals surface area contributed by atoms with Crippen molar-refractivity contribution in [1.82, 2.24) is 8.97 Å². The lowest BCUT2D eigenvalue weighted by atomic mass is 10.00. The quantitative estimate of drug-likeness (QED) is 0.406. The number of hydrogen-bond acceptors (Lipinski definition) is 0. The number of benzene rings is 2. The standard InChI is InChI=1S/C22H20N3/c1-15-10-11-16-14-25-12-6-7-17(25)13-18(16)21(15)22-23(2)19-8-4-5-9-20(19)24(22)3/h4-14H,1-3H3/q+1. The summed E-state index contributed by atoms with van der Waals surface area (Å²) in [5.74, 6) is 1.24. The molecule has 0 amide bonds. The summed E-state index contributed by atoms with van der Waals surface area (Å²) in [6, 6.07) is 19.6. The van der Waals surface area contributed by atoms with Crippen LogP contribution >= 0.6 is 0 Å². The molecule has 0 aliphatic rings. The molecule has 0 N–H and O–H groups in total. The fourth-order valence-electron chi connectivity index (χ4n) is 4.07. The first kappa shape index (κ1) is 14.3. The number of pyridine rings is 1. The molecular weight excluding hydrogens is 306 g/mol. The largest absolute Gasteiger partial charge is 0.323 e. The summed E-state index contributed by atoms with van der Waals surface area (Å²) in [5.41, 5.74) is 6.33. The molecule has 0 fully saturated rings. The number of fused-ring (bicyclic) bond motifs is 3. The number of para-hydroxylation sites is 2. The Kier molecular flexibility index (Phi) is 2.84. The zero-order chi connectivity index (χ0) is 17.1. The van der Waals surface area contributed by atoms with Gasteiger partial charge in [-0.2, -0.15) is 0 Å². The number of hydrogen-bond donors (Lipinski definition) is 0. The molecule has 2 aromatic carbocycles. The van der Waals surface area contributed by atoms with E-state index < -0.39 is 0 Å². The molecule has 5 rings (SSSR count). The topological polar surface area (TPSA) is 13.2 Å². The predicted octanol–water partition coefficient (Wildman–Crippen LogP) is 4.38. The van der Waals surface area contributed by atoms with Gasteiger partial charge in [0.2, 0.25) is 0 Å². The number of aryl methyl sites for hydroxylation is 3. The van der Waals surface area contributed by atoms with Gasteiger partial charge < -0.3 is 4.40 Å². The van der Waals surface area contributed by atoms with E-state index in [4.69, 9.17) is 0 Å². The summed E-state index contributed by atoms with van der Waals surface area (Å²) in [6.07, 6.45) is 4.32. The van der Waals surface area contributed by atoms with Crippen LogP contribution in [0.3, 0.4) is 0 Å². The van der Waals surface area contributed by atoms with Gasteiger partial charge in [0, 0.05) is 23.3 Å². The fourth-order valence-corrected chi connectivity index (χ4v) is 4.07. The number of rotatable bonds is 1. The maximum absolute atomic E-state index is 2.30. The first-order valence-electron chi connectivity index (χ1n) is 8.59. The van der Waals surface area contributed by atoms with Crippen molar-refractivity contribution in [2.75, 3.05) is 0 Å². The summed E-state index contributed by atoms with van der Waals surface area (Å²) in [7, 11) is 4.32. The minimum Gasteiger partial charge on any atom is -0.323 e. The van der Waals surface area contributed by atoms with Gasteiger partial charge in [-0.15, -0.1) is 0 Å². The average Bonchev–Trinajstić information content (AvgIpc) is 3.17. The van der Waals surface area contributed by atoms with Crippen LogP contribution in [0.2, 0.25) is 0 Å². The minimum atomic E-state index is 1.22. The predicted molar refractivity (Wildman–Crippen MR) is 103 cm³/mol. The highest BCUT2D eigenvalue weighted by molar-refractivity contribution is 5.99. The van der Waals surface area contributed by atoms with Crippen molar-refractivity contribution in [1.29, 1.82) is 0 Å². The van der Waals surface area contributed by atoms with Gasteiger partial charge in [0.25, 0.3) is 5.82 Å². The lowest BCUT2D eigenvalue weighted by Crippen LogP contribution is -2.30. The highest BCUT2D eigenvalue weighted by atomic mass is 15.1. The van der Waals surface area contributed by atoms with Crippen LogP contribution in [0.1, 0.15) is 5.56 Å². The molecule has 0 unspecified atom stereocenters. The zero-order valence-electron chi connectivity index (χ0n) is 14.7. The van der Waals surface area contributed by atoms with Crippen LogP contribution < -0.4 is 4.57 Å². The number of nitrogens with zero attached hydrogens (tertiary/aromatic N) is 3. The molecule has 3 heterocycles. The van der Waals surface area contributed by atoms with Gasteiger partial charge in [0.1, 0.15) is 0 Å². The highest BCUT2D eigenvalue weighted by Gasteiger charge is 2.24. The van der Waals surface area contributed by atoms with Gasteiger partial charge in [-0.3, -0.25) is 0 Å². The molecule has 25 heavy (non-hydrogen) atoms. The first-order valence-corrected chi connectivity index (χ1v) is 8.59. The molecule has 0 aliphatic heterocycles. The van der Waals surface area contributed by atoms with E-state index in [1.54, 1.807) is 0 Å². The summed E-state index contributed by atoms with van der Waals surface area (Å²) in [6.45, 7) is 2.20. The second-order valence-corrected chi connectivity index (χ2v) is 6.80. The lowest BCUT2D eigenvalue weighted by molar-refractivity contribution is -0.634. The van der Waals surface area contributed by atoms with Gasteiger partial charge in [0.15, 0.2) is 11.0 Å². The van der Waals surface area contributed by atoms with Crippen LogP contribution in [0.15, 0.2) is 67.0 Å². The summed E-state index contributed by atoms with van der Waals surface area (Å²) in [4.78, 5) is 0. The maximum atomic E-state index is 2.30. The third-order valence-electron chi connectivity index (χ3n) is 5.33. The Morgan fingerprint density at radius 2 is 1.80 bits per heavy atom. The van der Waals surface area contributed by atoms with Crippen LogP contribution in [-0.2, 0) is 14.1 Å². The molecule has 3 aromatic heterocycles. The maximum Gasteiger partial charge on any atom is 0.290 e. The highest BCUT2D eigenvalue weighted by Crippen LogP contribution is 2.32. The average molecular weight is 326 g/mol. The smallest absolute Gasteiger partial charge is 0.290 e. The molecule has 0 bridgehead atoms. The molecule has 5 aromatic rings. The van der Waals surface area contributed by atoms with E-state index in [1.165, 1.54) is 44.3 Å². The van der Waals surface area contributed by atoms with Crippen LogP contribution in [0.4, 0.5) is 0 Å². The van der Waals surface area contributed by atoms with Crippen LogP contribution in [0.25, 0.3) is 38.7 Å². The third kappa shape index (κ3) is 1.89. The van der Waals surface area contributed by atoms with Gasteiger partial charge in [-0.25, -0.2) is 9.13 Å². The van der Waals surface area contributed by atoms with Crippen molar-refractivity contribution in [2.45, 2.75) is 6.92 Å². The lowest BCUT2D eigenvalue weighted by Gasteiger charge is -2.09. The van der Waals surface area contributed by atoms with Gasteiger partial charge in [-0.05, 0) is 48.2 Å². The molecule has 3 nitrogen and oxygen atoms in total. The summed E-state index contributed by atoms with van der Waals surface area (Å²) >= 11 is 0. The fraction of sp³-hybridized carbons (Fsp3) is 0.136. The van der Waals surface area contributed by atoms with Crippen LogP contribution in [-0.4, -0.2) is 8.97 Å². The summed E-state index contributed by atoms with van der Waals surface area (Å²) in [5, 5.41) is 2.56. The number of imidazole rings is 1. The molecule has 0 atom stereocenters. The Hall–Kier alpha value is -3.07. The molecular formula is C22H20N3+. The molecule has 122 valence electrons. The number of aromatic nitrogens is 3. The summed E-state index contributed by atoms with van der Waals surface area (Å²) < 4.78 is 6.79. The van der Waals surface area contributed by atoms with E-state index in [9.17, 15) is 0 Å². The van der Waals surface area contributed by atoms with Gasteiger partial charge in [0.05, 0.1) is 19.7 Å². The van der Waals surface area contributed by atoms with E-state index in [-0.39, 0.29) is 0 Å². The van der Waals surface area contributed by atoms with Crippen LogP contribution in [0.5, 0.6) is 0 Å². The Bertz CT molecular complexity index is 1230. The zero-order valence-corrected chi connectivity index (χ0v) is 14.7. The monoisotopic (exact) mass is 326 g/mol. The first-order chi connectivity index (χ1) is 12.1. The van der Waals surface area contributed by atoms with E-state index >= 15 is 0 Å². The van der Waals surface area contributed by atoms with Crippen LogP contribution in [0, 0.1) is 6.92 Å². The molecule has 0 radical (unpaired) electrons. The Morgan fingerprint density at radius 3 is 2.64 bits per heavy atom. The van der Waals surface area contributed by atoms with Gasteiger partial charge >= 0.3 is 0 Å². The van der Waals surface area contributed by atoms with Crippen molar-refractivity contribution < 1.29 is 4.57 Å². The normalized spacial score (nSPS) is 11.8. The second kappa shape index (κ2) is 4.96. The molecule has 0 saturated heterocycles. The second-order valence-electron chi connectivity index (χ2n) is 6.80. The third-order valence-corrected chi connectivity index (χ3v) is 5.33. The SMILES string of the molecule is Cc1ccc2cn3cccc3cc2c1-c1n(C)c2ccccc2[n+]1C. The van der Waals surface area contributed by atoms with Crippen molar-refractivity contribution >= 4 is 27.3 Å². The van der Waals surface area contributed by atoms with E-state index in [0.29, 0.717) is 0 Å². The van der Waals surface area contributed by atoms with E-state index in [0.717, 1.165) is 0 Å². The van der Waals surface area contributed by atoms with E-state index in [2.05, 4.69) is 102 Å². The molecule has 0 aliphatic carbocycles. The van der Waals surface area contributed by atoms with Crippen molar-refractivity contribution in [3.05, 3.63) is 72.6 Å². The molecule has 0 spiro atoms. The minimum absolute atomic E-state index is 1.22. The molecule has 3 heteroatoms. The Morgan fingerprint density at radius 1 is 0.960 bits per heavy atom. The van der Waals surface area contributed by atoms with Gasteiger partial charge in [-0.1, -0.05) is 24.3 Å². The molecule has 0 saturated carbocycles. The van der Waals surface area contributed by atoms with E-state index in [1.807, 2.05) is 0 Å². The van der Waals surface area contributed by atoms with Crippen molar-refractivity contribution in [3.8, 4) is 11.4 Å². The van der Waals surface area contributed by atoms with Crippen molar-refractivity contribution in [3.63, 3.8) is 0 Å².